The molecule has 0 aliphatic carbocycles. The topological polar surface area (TPSA) is 66.9 Å². The van der Waals surface area contributed by atoms with Gasteiger partial charge in [0.1, 0.15) is 6.07 Å². The first-order valence-corrected chi connectivity index (χ1v) is 3.58. The number of benzene rings is 1. The lowest BCUT2D eigenvalue weighted by Gasteiger charge is -1.98. The van der Waals surface area contributed by atoms with Crippen molar-refractivity contribution in [2.24, 2.45) is 0 Å². The highest BCUT2D eigenvalue weighted by molar-refractivity contribution is 7.80. The Morgan fingerprint density at radius 1 is 1.62 bits per heavy atom. The number of halogens is 1. The molecule has 0 saturated heterocycles. The normalized spacial score (nSPS) is 9.31. The molecule has 0 heterocycles. The van der Waals surface area contributed by atoms with E-state index in [1.54, 1.807) is 6.07 Å². The molecule has 6 heteroatoms. The standard InChI is InChI=1S/C7H3FN2O2S/c8-6-5(10(11)12)2-1-4(3-9)7(6)13/h1-2,13H. The lowest BCUT2D eigenvalue weighted by Crippen LogP contribution is -1.94. The van der Waals surface area contributed by atoms with Gasteiger partial charge in [-0.25, -0.2) is 0 Å². The maximum atomic E-state index is 13.0. The van der Waals surface area contributed by atoms with Gasteiger partial charge in [-0.2, -0.15) is 9.65 Å². The molecule has 0 aromatic heterocycles. The van der Waals surface area contributed by atoms with Crippen LogP contribution in [-0.4, -0.2) is 4.92 Å². The second-order valence-electron chi connectivity index (χ2n) is 2.16. The molecule has 13 heavy (non-hydrogen) atoms. The number of nitro benzene ring substituents is 1. The van der Waals surface area contributed by atoms with Crippen LogP contribution in [0.3, 0.4) is 0 Å². The Bertz CT molecular complexity index is 414. The number of rotatable bonds is 1. The van der Waals surface area contributed by atoms with Crippen LogP contribution in [0.2, 0.25) is 0 Å². The molecule has 0 radical (unpaired) electrons. The highest BCUT2D eigenvalue weighted by Crippen LogP contribution is 2.25. The third-order valence-corrected chi connectivity index (χ3v) is 1.85. The van der Waals surface area contributed by atoms with Crippen molar-refractivity contribution < 1.29 is 9.31 Å². The van der Waals surface area contributed by atoms with E-state index < -0.39 is 16.4 Å². The van der Waals surface area contributed by atoms with E-state index in [1.807, 2.05) is 0 Å². The molecule has 0 atom stereocenters. The second kappa shape index (κ2) is 3.41. The van der Waals surface area contributed by atoms with Gasteiger partial charge in [0, 0.05) is 6.07 Å². The maximum Gasteiger partial charge on any atom is 0.306 e. The van der Waals surface area contributed by atoms with Crippen LogP contribution >= 0.6 is 12.6 Å². The number of hydrogen-bond donors (Lipinski definition) is 1. The SMILES string of the molecule is N#Cc1ccc([N+](=O)[O-])c(F)c1S. The van der Waals surface area contributed by atoms with E-state index in [4.69, 9.17) is 5.26 Å². The summed E-state index contributed by atoms with van der Waals surface area (Å²) < 4.78 is 13.0. The fraction of sp³-hybridized carbons (Fsp3) is 0. The predicted octanol–water partition coefficient (Wildman–Crippen LogP) is 1.89. The largest absolute Gasteiger partial charge is 0.306 e. The first-order valence-electron chi connectivity index (χ1n) is 3.14. The van der Waals surface area contributed by atoms with Gasteiger partial charge in [0.05, 0.1) is 15.4 Å². The average molecular weight is 198 g/mol. The average Bonchev–Trinajstić information content (AvgIpc) is 2.09. The monoisotopic (exact) mass is 198 g/mol. The minimum absolute atomic E-state index is 0.0218. The van der Waals surface area contributed by atoms with Gasteiger partial charge < -0.3 is 0 Å². The van der Waals surface area contributed by atoms with Gasteiger partial charge in [0.25, 0.3) is 0 Å². The molecule has 0 N–H and O–H groups in total. The van der Waals surface area contributed by atoms with Crippen molar-refractivity contribution in [3.05, 3.63) is 33.6 Å². The van der Waals surface area contributed by atoms with Gasteiger partial charge in [0.15, 0.2) is 0 Å². The zero-order valence-electron chi connectivity index (χ0n) is 6.19. The molecule has 66 valence electrons. The van der Waals surface area contributed by atoms with Crippen LogP contribution < -0.4 is 0 Å². The molecule has 0 aliphatic rings. The highest BCUT2D eigenvalue weighted by Gasteiger charge is 2.18. The van der Waals surface area contributed by atoms with Crippen molar-refractivity contribution in [1.29, 1.82) is 5.26 Å². The number of nitrogens with zero attached hydrogens (tertiary/aromatic N) is 2. The summed E-state index contributed by atoms with van der Waals surface area (Å²) in [5, 5.41) is 18.7. The lowest BCUT2D eigenvalue weighted by molar-refractivity contribution is -0.387. The molecule has 0 spiro atoms. The van der Waals surface area contributed by atoms with Crippen LogP contribution in [0, 0.1) is 27.3 Å². The van der Waals surface area contributed by atoms with Crippen molar-refractivity contribution in [3.8, 4) is 6.07 Å². The van der Waals surface area contributed by atoms with Crippen molar-refractivity contribution in [2.75, 3.05) is 0 Å². The first kappa shape index (κ1) is 9.48. The summed E-state index contributed by atoms with van der Waals surface area (Å²) in [6, 6.07) is 3.76. The van der Waals surface area contributed by atoms with Gasteiger partial charge >= 0.3 is 5.69 Å². The summed E-state index contributed by atoms with van der Waals surface area (Å²) >= 11 is 3.65. The maximum absolute atomic E-state index is 13.0. The van der Waals surface area contributed by atoms with Crippen LogP contribution in [0.4, 0.5) is 10.1 Å². The molecule has 4 nitrogen and oxygen atoms in total. The van der Waals surface area contributed by atoms with Crippen molar-refractivity contribution in [1.82, 2.24) is 0 Å². The zero-order valence-corrected chi connectivity index (χ0v) is 7.09. The van der Waals surface area contributed by atoms with Crippen LogP contribution in [0.25, 0.3) is 0 Å². The van der Waals surface area contributed by atoms with E-state index in [0.29, 0.717) is 0 Å². The summed E-state index contributed by atoms with van der Waals surface area (Å²) in [5.41, 5.74) is -0.699. The van der Waals surface area contributed by atoms with E-state index in [0.717, 1.165) is 12.1 Å². The van der Waals surface area contributed by atoms with Crippen LogP contribution in [-0.2, 0) is 0 Å². The van der Waals surface area contributed by atoms with E-state index in [1.165, 1.54) is 0 Å². The van der Waals surface area contributed by atoms with Gasteiger partial charge in [-0.3, -0.25) is 10.1 Å². The summed E-state index contributed by atoms with van der Waals surface area (Å²) in [6.45, 7) is 0. The van der Waals surface area contributed by atoms with Crippen LogP contribution in [0.5, 0.6) is 0 Å². The number of nitro groups is 1. The molecule has 0 fully saturated rings. The summed E-state index contributed by atoms with van der Waals surface area (Å²) in [7, 11) is 0. The summed E-state index contributed by atoms with van der Waals surface area (Å²) in [4.78, 5) is 9.06. The Morgan fingerprint density at radius 2 is 2.23 bits per heavy atom. The van der Waals surface area contributed by atoms with Crippen molar-refractivity contribution in [2.45, 2.75) is 4.90 Å². The third kappa shape index (κ3) is 1.60. The third-order valence-electron chi connectivity index (χ3n) is 1.41. The fourth-order valence-corrected chi connectivity index (χ4v) is 1.02. The summed E-state index contributed by atoms with van der Waals surface area (Å²) in [5.74, 6) is -1.08. The smallest absolute Gasteiger partial charge is 0.258 e. The Balaban J connectivity index is 3.42. The Labute approximate surface area is 78.2 Å². The first-order chi connectivity index (χ1) is 6.07. The molecule has 0 saturated carbocycles. The number of thiol groups is 1. The number of nitriles is 1. The van der Waals surface area contributed by atoms with Gasteiger partial charge in [-0.05, 0) is 6.07 Å². The fourth-order valence-electron chi connectivity index (χ4n) is 0.785. The minimum atomic E-state index is -1.08. The van der Waals surface area contributed by atoms with Crippen molar-refractivity contribution in [3.63, 3.8) is 0 Å². The van der Waals surface area contributed by atoms with Gasteiger partial charge in [0.2, 0.25) is 5.82 Å². The van der Waals surface area contributed by atoms with E-state index in [9.17, 15) is 14.5 Å². The molecule has 1 rings (SSSR count). The Kier molecular flexibility index (Phi) is 2.49. The molecule has 0 amide bonds. The van der Waals surface area contributed by atoms with Crippen molar-refractivity contribution >= 4 is 18.3 Å². The van der Waals surface area contributed by atoms with E-state index in [-0.39, 0.29) is 10.5 Å². The molecule has 0 bridgehead atoms. The van der Waals surface area contributed by atoms with Crippen LogP contribution in [0.1, 0.15) is 5.56 Å². The Morgan fingerprint density at radius 3 is 2.69 bits per heavy atom. The molecular formula is C7H3FN2O2S. The molecule has 0 aliphatic heterocycles. The molecule has 1 aromatic rings. The van der Waals surface area contributed by atoms with Gasteiger partial charge in [-0.1, -0.05) is 0 Å². The van der Waals surface area contributed by atoms with Crippen LogP contribution in [0.15, 0.2) is 17.0 Å². The second-order valence-corrected chi connectivity index (χ2v) is 2.61. The zero-order chi connectivity index (χ0) is 10.0. The molecular weight excluding hydrogens is 195 g/mol. The molecule has 1 aromatic carbocycles. The Hall–Kier alpha value is -1.61. The number of hydrogen-bond acceptors (Lipinski definition) is 4. The van der Waals surface area contributed by atoms with E-state index >= 15 is 0 Å². The predicted molar refractivity (Wildman–Crippen MR) is 45.0 cm³/mol. The lowest BCUT2D eigenvalue weighted by atomic mass is 10.2. The van der Waals surface area contributed by atoms with Gasteiger partial charge in [-0.15, -0.1) is 12.6 Å². The summed E-state index contributed by atoms with van der Waals surface area (Å²) in [6.07, 6.45) is 0. The minimum Gasteiger partial charge on any atom is -0.258 e. The van der Waals surface area contributed by atoms with E-state index in [2.05, 4.69) is 12.6 Å². The molecule has 0 unspecified atom stereocenters. The quantitative estimate of drug-likeness (QED) is 0.425. The highest BCUT2D eigenvalue weighted by atomic mass is 32.1.